The van der Waals surface area contributed by atoms with Crippen molar-refractivity contribution in [1.29, 1.82) is 0 Å². The van der Waals surface area contributed by atoms with Crippen LogP contribution in [0.4, 0.5) is 5.69 Å². The lowest BCUT2D eigenvalue weighted by atomic mass is 10.1. The van der Waals surface area contributed by atoms with Gasteiger partial charge in [0.1, 0.15) is 0 Å². The number of carbonyl (C=O) groups is 1. The first-order valence-electron chi connectivity index (χ1n) is 6.67. The zero-order valence-corrected chi connectivity index (χ0v) is 12.1. The highest BCUT2D eigenvalue weighted by atomic mass is 35.5. The maximum absolute atomic E-state index is 10.7. The zero-order chi connectivity index (χ0) is 14.5. The van der Waals surface area contributed by atoms with Crippen molar-refractivity contribution in [3.63, 3.8) is 0 Å². The van der Waals surface area contributed by atoms with E-state index >= 15 is 0 Å². The number of morpholine rings is 1. The number of aliphatic carboxylic acids is 1. The van der Waals surface area contributed by atoms with Crippen LogP contribution in [-0.4, -0.2) is 36.9 Å². The number of hydrogen-bond donors (Lipinski definition) is 1. The lowest BCUT2D eigenvalue weighted by Gasteiger charge is -2.35. The second-order valence-electron chi connectivity index (χ2n) is 4.72. The minimum absolute atomic E-state index is 0.207. The molecular formula is C15H18ClNO3. The molecule has 5 heteroatoms. The van der Waals surface area contributed by atoms with Gasteiger partial charge in [0.15, 0.2) is 0 Å². The Morgan fingerprint density at radius 2 is 2.40 bits per heavy atom. The quantitative estimate of drug-likeness (QED) is 0.868. The van der Waals surface area contributed by atoms with Gasteiger partial charge in [-0.05, 0) is 30.2 Å². The molecular weight excluding hydrogens is 278 g/mol. The van der Waals surface area contributed by atoms with Crippen molar-refractivity contribution in [3.8, 4) is 0 Å². The summed E-state index contributed by atoms with van der Waals surface area (Å²) in [4.78, 5) is 12.9. The van der Waals surface area contributed by atoms with Crippen LogP contribution >= 0.6 is 11.6 Å². The number of hydrogen-bond acceptors (Lipinski definition) is 3. The summed E-state index contributed by atoms with van der Waals surface area (Å²) in [5, 5.41) is 9.41. The monoisotopic (exact) mass is 295 g/mol. The molecule has 0 bridgehead atoms. The lowest BCUT2D eigenvalue weighted by molar-refractivity contribution is -0.131. The van der Waals surface area contributed by atoms with Gasteiger partial charge in [-0.2, -0.15) is 0 Å². The first-order valence-corrected chi connectivity index (χ1v) is 7.05. The van der Waals surface area contributed by atoms with Gasteiger partial charge in [0.2, 0.25) is 0 Å². The lowest BCUT2D eigenvalue weighted by Crippen LogP contribution is -2.42. The number of halogens is 1. The molecule has 0 saturated carbocycles. The summed E-state index contributed by atoms with van der Waals surface area (Å²) in [5.74, 6) is -0.959. The zero-order valence-electron chi connectivity index (χ0n) is 11.4. The molecule has 1 aliphatic heterocycles. The van der Waals surface area contributed by atoms with Crippen molar-refractivity contribution in [3.05, 3.63) is 34.9 Å². The number of nitrogens with zero attached hydrogens (tertiary/aromatic N) is 1. The average Bonchev–Trinajstić information content (AvgIpc) is 2.46. The predicted octanol–water partition coefficient (Wildman–Crippen LogP) is 3.05. The molecule has 0 amide bonds. The van der Waals surface area contributed by atoms with E-state index in [0.29, 0.717) is 11.6 Å². The minimum Gasteiger partial charge on any atom is -0.478 e. The maximum atomic E-state index is 10.7. The molecule has 20 heavy (non-hydrogen) atoms. The third-order valence-electron chi connectivity index (χ3n) is 3.33. The summed E-state index contributed by atoms with van der Waals surface area (Å²) < 4.78 is 5.66. The molecule has 1 aromatic rings. The van der Waals surface area contributed by atoms with Crippen LogP contribution in [0.25, 0.3) is 6.08 Å². The standard InChI is InChI=1S/C15H18ClNO3/c1-2-13-10-17(7-8-20-13)14-9-12(16)5-3-11(14)4-6-15(18)19/h3-6,9,13H,2,7-8,10H2,1H3,(H,18,19)/b6-4+. The van der Waals surface area contributed by atoms with Crippen LogP contribution in [0, 0.1) is 0 Å². The van der Waals surface area contributed by atoms with E-state index in [9.17, 15) is 4.79 Å². The van der Waals surface area contributed by atoms with Crippen LogP contribution in [0.5, 0.6) is 0 Å². The van der Waals surface area contributed by atoms with Crippen LogP contribution in [0.2, 0.25) is 5.02 Å². The van der Waals surface area contributed by atoms with Gasteiger partial charge in [0.25, 0.3) is 0 Å². The molecule has 1 fully saturated rings. The first-order chi connectivity index (χ1) is 9.60. The van der Waals surface area contributed by atoms with Gasteiger partial charge in [-0.3, -0.25) is 0 Å². The van der Waals surface area contributed by atoms with E-state index in [2.05, 4.69) is 11.8 Å². The molecule has 1 saturated heterocycles. The Bertz CT molecular complexity index is 516. The average molecular weight is 296 g/mol. The Labute approximate surface area is 123 Å². The van der Waals surface area contributed by atoms with E-state index in [4.69, 9.17) is 21.4 Å². The molecule has 0 aliphatic carbocycles. The largest absolute Gasteiger partial charge is 0.478 e. The Morgan fingerprint density at radius 3 is 3.10 bits per heavy atom. The van der Waals surface area contributed by atoms with Gasteiger partial charge < -0.3 is 14.7 Å². The van der Waals surface area contributed by atoms with Crippen LogP contribution in [0.3, 0.4) is 0 Å². The van der Waals surface area contributed by atoms with Gasteiger partial charge in [0.05, 0.1) is 12.7 Å². The maximum Gasteiger partial charge on any atom is 0.328 e. The third kappa shape index (κ3) is 3.74. The molecule has 1 N–H and O–H groups in total. The van der Waals surface area contributed by atoms with Gasteiger partial charge >= 0.3 is 5.97 Å². The molecule has 0 radical (unpaired) electrons. The molecule has 1 unspecified atom stereocenters. The van der Waals surface area contributed by atoms with Crippen molar-refractivity contribution < 1.29 is 14.6 Å². The van der Waals surface area contributed by atoms with E-state index in [-0.39, 0.29) is 6.10 Å². The fraction of sp³-hybridized carbons (Fsp3) is 0.400. The van der Waals surface area contributed by atoms with Crippen molar-refractivity contribution in [1.82, 2.24) is 0 Å². The van der Waals surface area contributed by atoms with Crippen LogP contribution in [-0.2, 0) is 9.53 Å². The number of carboxylic acid groups (broad SMARTS) is 1. The van der Waals surface area contributed by atoms with Gasteiger partial charge in [-0.1, -0.05) is 24.6 Å². The molecule has 0 aromatic heterocycles. The van der Waals surface area contributed by atoms with Crippen molar-refractivity contribution in [2.45, 2.75) is 19.4 Å². The topological polar surface area (TPSA) is 49.8 Å². The van der Waals surface area contributed by atoms with Gasteiger partial charge in [-0.15, -0.1) is 0 Å². The van der Waals surface area contributed by atoms with Gasteiger partial charge in [0, 0.05) is 29.9 Å². The Kier molecular flexibility index (Phi) is 5.04. The van der Waals surface area contributed by atoms with Crippen LogP contribution < -0.4 is 4.90 Å². The summed E-state index contributed by atoms with van der Waals surface area (Å²) in [6.45, 7) is 4.35. The summed E-state index contributed by atoms with van der Waals surface area (Å²) in [6.07, 6.45) is 3.91. The molecule has 108 valence electrons. The molecule has 1 aliphatic rings. The predicted molar refractivity (Wildman–Crippen MR) is 80.4 cm³/mol. The molecule has 1 heterocycles. The SMILES string of the molecule is CCC1CN(c2cc(Cl)ccc2/C=C/C(=O)O)CCO1. The second-order valence-corrected chi connectivity index (χ2v) is 5.16. The van der Waals surface area contributed by atoms with Crippen LogP contribution in [0.1, 0.15) is 18.9 Å². The summed E-state index contributed by atoms with van der Waals surface area (Å²) in [7, 11) is 0. The van der Waals surface area contributed by atoms with Crippen LogP contribution in [0.15, 0.2) is 24.3 Å². The summed E-state index contributed by atoms with van der Waals surface area (Å²) >= 11 is 6.07. The Morgan fingerprint density at radius 1 is 1.60 bits per heavy atom. The van der Waals surface area contributed by atoms with E-state index in [0.717, 1.165) is 36.8 Å². The molecule has 2 rings (SSSR count). The summed E-state index contributed by atoms with van der Waals surface area (Å²) in [5.41, 5.74) is 1.81. The highest BCUT2D eigenvalue weighted by Crippen LogP contribution is 2.28. The molecule has 0 spiro atoms. The van der Waals surface area contributed by atoms with Crippen molar-refractivity contribution in [2.75, 3.05) is 24.6 Å². The number of carboxylic acids is 1. The Hall–Kier alpha value is -1.52. The number of benzene rings is 1. The smallest absolute Gasteiger partial charge is 0.328 e. The second kappa shape index (κ2) is 6.77. The Balaban J connectivity index is 2.28. The molecule has 4 nitrogen and oxygen atoms in total. The fourth-order valence-electron chi connectivity index (χ4n) is 2.28. The normalized spacial score (nSPS) is 19.5. The minimum atomic E-state index is -0.959. The van der Waals surface area contributed by atoms with Gasteiger partial charge in [-0.25, -0.2) is 4.79 Å². The molecule has 1 aromatic carbocycles. The van der Waals surface area contributed by atoms with E-state index in [1.54, 1.807) is 12.1 Å². The van der Waals surface area contributed by atoms with E-state index < -0.39 is 5.97 Å². The molecule has 1 atom stereocenters. The van der Waals surface area contributed by atoms with Crippen molar-refractivity contribution >= 4 is 29.3 Å². The number of rotatable bonds is 4. The van der Waals surface area contributed by atoms with E-state index in [1.165, 1.54) is 0 Å². The highest BCUT2D eigenvalue weighted by Gasteiger charge is 2.20. The fourth-order valence-corrected chi connectivity index (χ4v) is 2.44. The van der Waals surface area contributed by atoms with Crippen molar-refractivity contribution in [2.24, 2.45) is 0 Å². The summed E-state index contributed by atoms with van der Waals surface area (Å²) in [6, 6.07) is 5.49. The highest BCUT2D eigenvalue weighted by molar-refractivity contribution is 6.31. The number of anilines is 1. The third-order valence-corrected chi connectivity index (χ3v) is 3.57. The number of ether oxygens (including phenoxy) is 1. The first kappa shape index (κ1) is 14.9. The van der Waals surface area contributed by atoms with E-state index in [1.807, 2.05) is 12.1 Å².